The van der Waals surface area contributed by atoms with Gasteiger partial charge >= 0.3 is 0 Å². The summed E-state index contributed by atoms with van der Waals surface area (Å²) in [6, 6.07) is 11.9. The molecule has 0 amide bonds. The summed E-state index contributed by atoms with van der Waals surface area (Å²) in [6.45, 7) is 2.88. The number of nitrogens with one attached hydrogen (secondary N) is 1. The monoisotopic (exact) mass is 254 g/mol. The number of nitrogens with two attached hydrogens (primary N) is 1. The summed E-state index contributed by atoms with van der Waals surface area (Å²) in [5.41, 5.74) is 8.72. The minimum Gasteiger partial charge on any atom is -0.384 e. The molecule has 4 nitrogen and oxygen atoms in total. The molecule has 1 heterocycles. The van der Waals surface area contributed by atoms with Gasteiger partial charge in [0, 0.05) is 25.4 Å². The lowest BCUT2D eigenvalue weighted by Crippen LogP contribution is -2.19. The van der Waals surface area contributed by atoms with Gasteiger partial charge in [0.2, 0.25) is 0 Å². The van der Waals surface area contributed by atoms with E-state index in [1.54, 1.807) is 12.3 Å². The number of amidine groups is 1. The Balaban J connectivity index is 2.20. The van der Waals surface area contributed by atoms with Crippen molar-refractivity contribution in [3.05, 3.63) is 59.3 Å². The number of aromatic nitrogens is 1. The topological polar surface area (TPSA) is 66.0 Å². The average molecular weight is 254 g/mol. The molecule has 19 heavy (non-hydrogen) atoms. The quantitative estimate of drug-likeness (QED) is 0.650. The van der Waals surface area contributed by atoms with Crippen LogP contribution in [0, 0.1) is 12.3 Å². The van der Waals surface area contributed by atoms with E-state index in [0.717, 1.165) is 12.4 Å². The summed E-state index contributed by atoms with van der Waals surface area (Å²) in [4.78, 5) is 6.37. The highest BCUT2D eigenvalue weighted by molar-refractivity contribution is 5.95. The number of rotatable bonds is 4. The van der Waals surface area contributed by atoms with Crippen molar-refractivity contribution in [3.63, 3.8) is 0 Å². The highest BCUT2D eigenvalue weighted by Crippen LogP contribution is 2.16. The van der Waals surface area contributed by atoms with Crippen molar-refractivity contribution >= 4 is 11.7 Å². The van der Waals surface area contributed by atoms with E-state index in [0.29, 0.717) is 5.56 Å². The van der Waals surface area contributed by atoms with E-state index in [2.05, 4.69) is 28.9 Å². The zero-order valence-corrected chi connectivity index (χ0v) is 11.2. The van der Waals surface area contributed by atoms with Gasteiger partial charge in [-0.05, 0) is 30.2 Å². The number of anilines is 1. The van der Waals surface area contributed by atoms with Crippen LogP contribution in [0.25, 0.3) is 0 Å². The van der Waals surface area contributed by atoms with Gasteiger partial charge in [0.1, 0.15) is 11.7 Å². The van der Waals surface area contributed by atoms with Crippen LogP contribution in [-0.4, -0.2) is 17.9 Å². The Kier molecular flexibility index (Phi) is 3.80. The normalized spacial score (nSPS) is 10.2. The van der Waals surface area contributed by atoms with E-state index < -0.39 is 0 Å². The maximum absolute atomic E-state index is 7.46. The second kappa shape index (κ2) is 5.52. The molecule has 3 N–H and O–H groups in total. The highest BCUT2D eigenvalue weighted by Gasteiger charge is 2.07. The fourth-order valence-electron chi connectivity index (χ4n) is 1.92. The van der Waals surface area contributed by atoms with E-state index in [9.17, 15) is 0 Å². The van der Waals surface area contributed by atoms with Gasteiger partial charge in [0.15, 0.2) is 0 Å². The average Bonchev–Trinajstić information content (AvgIpc) is 2.41. The molecule has 2 aromatic rings. The molecule has 0 aliphatic rings. The Morgan fingerprint density at radius 2 is 2.05 bits per heavy atom. The van der Waals surface area contributed by atoms with Crippen LogP contribution < -0.4 is 10.6 Å². The van der Waals surface area contributed by atoms with Crippen molar-refractivity contribution in [2.75, 3.05) is 11.9 Å². The van der Waals surface area contributed by atoms with Crippen molar-refractivity contribution in [1.82, 2.24) is 4.98 Å². The summed E-state index contributed by atoms with van der Waals surface area (Å²) < 4.78 is 0. The van der Waals surface area contributed by atoms with Crippen LogP contribution in [-0.2, 0) is 6.54 Å². The number of hydrogen-bond acceptors (Lipinski definition) is 3. The zero-order chi connectivity index (χ0) is 13.8. The molecule has 0 fully saturated rings. The number of nitrogen functional groups attached to an aromatic ring is 1. The lowest BCUT2D eigenvalue weighted by molar-refractivity contribution is 0.890. The molecule has 0 atom stereocenters. The number of nitrogens with zero attached hydrogens (tertiary/aromatic N) is 2. The van der Waals surface area contributed by atoms with Gasteiger partial charge in [-0.2, -0.15) is 0 Å². The minimum absolute atomic E-state index is 0.0629. The third-order valence-corrected chi connectivity index (χ3v) is 3.12. The fourth-order valence-corrected chi connectivity index (χ4v) is 1.92. The molecule has 0 saturated heterocycles. The summed E-state index contributed by atoms with van der Waals surface area (Å²) in [5, 5.41) is 7.46. The van der Waals surface area contributed by atoms with Crippen LogP contribution in [0.1, 0.15) is 16.7 Å². The van der Waals surface area contributed by atoms with Crippen molar-refractivity contribution in [1.29, 1.82) is 5.41 Å². The van der Waals surface area contributed by atoms with Gasteiger partial charge in [0.25, 0.3) is 0 Å². The molecular weight excluding hydrogens is 236 g/mol. The van der Waals surface area contributed by atoms with Gasteiger partial charge in [-0.25, -0.2) is 4.98 Å². The Hall–Kier alpha value is -2.36. The third-order valence-electron chi connectivity index (χ3n) is 3.12. The van der Waals surface area contributed by atoms with Gasteiger partial charge < -0.3 is 10.6 Å². The Labute approximate surface area is 113 Å². The first kappa shape index (κ1) is 13.1. The molecule has 1 aromatic carbocycles. The molecule has 2 rings (SSSR count). The first-order valence-corrected chi connectivity index (χ1v) is 6.14. The minimum atomic E-state index is 0.0629. The summed E-state index contributed by atoms with van der Waals surface area (Å²) in [5.74, 6) is 0.879. The number of pyridine rings is 1. The van der Waals surface area contributed by atoms with Crippen LogP contribution in [0.2, 0.25) is 0 Å². The van der Waals surface area contributed by atoms with E-state index in [-0.39, 0.29) is 5.84 Å². The zero-order valence-electron chi connectivity index (χ0n) is 11.2. The maximum atomic E-state index is 7.46. The van der Waals surface area contributed by atoms with Crippen molar-refractivity contribution in [2.24, 2.45) is 5.73 Å². The van der Waals surface area contributed by atoms with E-state index in [1.165, 1.54) is 11.1 Å². The van der Waals surface area contributed by atoms with Crippen molar-refractivity contribution < 1.29 is 0 Å². The SMILES string of the molecule is Cc1ccccc1CN(C)c1cc(C(=N)N)ccn1. The molecule has 0 saturated carbocycles. The predicted molar refractivity (Wildman–Crippen MR) is 78.5 cm³/mol. The highest BCUT2D eigenvalue weighted by atomic mass is 15.2. The smallest absolute Gasteiger partial charge is 0.129 e. The Morgan fingerprint density at radius 1 is 1.32 bits per heavy atom. The fraction of sp³-hybridized carbons (Fsp3) is 0.200. The van der Waals surface area contributed by atoms with Gasteiger partial charge in [-0.1, -0.05) is 24.3 Å². The number of aryl methyl sites for hydroxylation is 1. The molecule has 0 spiro atoms. The first-order valence-electron chi connectivity index (χ1n) is 6.14. The van der Waals surface area contributed by atoms with Crippen molar-refractivity contribution in [3.8, 4) is 0 Å². The largest absolute Gasteiger partial charge is 0.384 e. The second-order valence-corrected chi connectivity index (χ2v) is 4.60. The Bertz CT molecular complexity index is 592. The second-order valence-electron chi connectivity index (χ2n) is 4.60. The van der Waals surface area contributed by atoms with Crippen LogP contribution in [0.5, 0.6) is 0 Å². The van der Waals surface area contributed by atoms with Crippen LogP contribution >= 0.6 is 0 Å². The molecular formula is C15H18N4. The third kappa shape index (κ3) is 3.10. The van der Waals surface area contributed by atoms with E-state index in [1.807, 2.05) is 25.2 Å². The van der Waals surface area contributed by atoms with Gasteiger partial charge in [-0.3, -0.25) is 5.41 Å². The molecule has 98 valence electrons. The van der Waals surface area contributed by atoms with E-state index >= 15 is 0 Å². The van der Waals surface area contributed by atoms with Gasteiger partial charge in [0.05, 0.1) is 0 Å². The Morgan fingerprint density at radius 3 is 2.74 bits per heavy atom. The lowest BCUT2D eigenvalue weighted by atomic mass is 10.1. The molecule has 0 aliphatic heterocycles. The van der Waals surface area contributed by atoms with Crippen LogP contribution in [0.3, 0.4) is 0 Å². The molecule has 0 unspecified atom stereocenters. The molecule has 1 aromatic heterocycles. The molecule has 0 radical (unpaired) electrons. The first-order chi connectivity index (χ1) is 9.08. The van der Waals surface area contributed by atoms with E-state index in [4.69, 9.17) is 11.1 Å². The maximum Gasteiger partial charge on any atom is 0.129 e. The van der Waals surface area contributed by atoms with Crippen LogP contribution in [0.15, 0.2) is 42.6 Å². The lowest BCUT2D eigenvalue weighted by Gasteiger charge is -2.19. The number of benzene rings is 1. The van der Waals surface area contributed by atoms with Gasteiger partial charge in [-0.15, -0.1) is 0 Å². The van der Waals surface area contributed by atoms with Crippen molar-refractivity contribution in [2.45, 2.75) is 13.5 Å². The summed E-state index contributed by atoms with van der Waals surface area (Å²) >= 11 is 0. The summed E-state index contributed by atoms with van der Waals surface area (Å²) in [6.07, 6.45) is 1.68. The number of hydrogen-bond donors (Lipinski definition) is 2. The standard InChI is InChI=1S/C15H18N4/c1-11-5-3-4-6-13(11)10-19(2)14-9-12(15(16)17)7-8-18-14/h3-9H,10H2,1-2H3,(H3,16,17). The molecule has 0 aliphatic carbocycles. The van der Waals surface area contributed by atoms with Crippen LogP contribution in [0.4, 0.5) is 5.82 Å². The predicted octanol–water partition coefficient (Wildman–Crippen LogP) is 2.31. The molecule has 4 heteroatoms. The molecule has 0 bridgehead atoms. The summed E-state index contributed by atoms with van der Waals surface area (Å²) in [7, 11) is 1.98.